The molecule has 8 nitrogen and oxygen atoms in total. The number of carbonyl (C=O) groups excluding carboxylic acids is 1. The van der Waals surface area contributed by atoms with Gasteiger partial charge >= 0.3 is 12.1 Å². The fourth-order valence-electron chi connectivity index (χ4n) is 2.40. The first-order valence-corrected chi connectivity index (χ1v) is 8.02. The predicted octanol–water partition coefficient (Wildman–Crippen LogP) is 3.33. The Balaban J connectivity index is 1.81. The molecular weight excluding hydrogens is 350 g/mol. The Morgan fingerprint density at radius 3 is 2.44 bits per heavy atom. The number of nitrogens with one attached hydrogen (secondary N) is 1. The van der Waals surface area contributed by atoms with E-state index in [0.717, 1.165) is 5.56 Å². The zero-order chi connectivity index (χ0) is 19.2. The van der Waals surface area contributed by atoms with Crippen molar-refractivity contribution in [3.8, 4) is 11.4 Å². The quantitative estimate of drug-likeness (QED) is 0.693. The normalized spacial score (nSPS) is 10.3. The van der Waals surface area contributed by atoms with Gasteiger partial charge in [0, 0.05) is 0 Å². The van der Waals surface area contributed by atoms with Gasteiger partial charge in [-0.05, 0) is 29.8 Å². The number of carboxylic acids is 1. The second-order valence-electron chi connectivity index (χ2n) is 5.51. The molecule has 2 aromatic carbocycles. The van der Waals surface area contributed by atoms with Gasteiger partial charge in [0.25, 0.3) is 0 Å². The molecule has 0 aliphatic rings. The topological polar surface area (TPSA) is 103 Å². The summed E-state index contributed by atoms with van der Waals surface area (Å²) in [5, 5.41) is 15.9. The zero-order valence-electron chi connectivity index (χ0n) is 14.5. The summed E-state index contributed by atoms with van der Waals surface area (Å²) in [5.74, 6) is -0.569. The van der Waals surface area contributed by atoms with Gasteiger partial charge in [-0.1, -0.05) is 30.3 Å². The molecule has 0 bridgehead atoms. The molecule has 27 heavy (non-hydrogen) atoms. The van der Waals surface area contributed by atoms with Crippen molar-refractivity contribution in [3.05, 3.63) is 71.9 Å². The molecule has 0 saturated carbocycles. The standard InChI is InChI=1S/C19H17N3O5/c1-26-15-9-7-14(8-10-15)22-17(16(11-20-22)18(23)24)21-19(25)27-12-13-5-3-2-4-6-13/h2-11H,12H2,1H3,(H,21,25)(H,23,24). The highest BCUT2D eigenvalue weighted by Gasteiger charge is 2.20. The number of hydrogen-bond donors (Lipinski definition) is 2. The smallest absolute Gasteiger partial charge is 0.413 e. The van der Waals surface area contributed by atoms with E-state index < -0.39 is 12.1 Å². The van der Waals surface area contributed by atoms with Crippen LogP contribution in [0.3, 0.4) is 0 Å². The van der Waals surface area contributed by atoms with Gasteiger partial charge in [-0.25, -0.2) is 14.3 Å². The van der Waals surface area contributed by atoms with E-state index in [1.54, 1.807) is 31.4 Å². The molecular formula is C19H17N3O5. The number of aromatic nitrogens is 2. The predicted molar refractivity (Wildman–Crippen MR) is 97.3 cm³/mol. The lowest BCUT2D eigenvalue weighted by molar-refractivity contribution is 0.0698. The van der Waals surface area contributed by atoms with E-state index in [0.29, 0.717) is 11.4 Å². The van der Waals surface area contributed by atoms with Crippen molar-refractivity contribution in [1.82, 2.24) is 9.78 Å². The van der Waals surface area contributed by atoms with E-state index in [2.05, 4.69) is 10.4 Å². The molecule has 0 saturated heterocycles. The molecule has 0 radical (unpaired) electrons. The van der Waals surface area contributed by atoms with Crippen LogP contribution in [0, 0.1) is 0 Å². The zero-order valence-corrected chi connectivity index (χ0v) is 14.5. The number of carbonyl (C=O) groups is 2. The van der Waals surface area contributed by atoms with Gasteiger partial charge in [0.05, 0.1) is 19.0 Å². The third kappa shape index (κ3) is 4.24. The molecule has 1 amide bonds. The lowest BCUT2D eigenvalue weighted by Crippen LogP contribution is -2.18. The van der Waals surface area contributed by atoms with Gasteiger partial charge in [-0.3, -0.25) is 5.32 Å². The maximum atomic E-state index is 12.2. The molecule has 138 valence electrons. The van der Waals surface area contributed by atoms with Crippen LogP contribution in [0.1, 0.15) is 15.9 Å². The summed E-state index contributed by atoms with van der Waals surface area (Å²) in [6.45, 7) is 0.0613. The monoisotopic (exact) mass is 367 g/mol. The number of amides is 1. The first-order chi connectivity index (χ1) is 13.1. The molecule has 0 atom stereocenters. The van der Waals surface area contributed by atoms with E-state index in [-0.39, 0.29) is 18.0 Å². The van der Waals surface area contributed by atoms with E-state index in [4.69, 9.17) is 9.47 Å². The number of hydrogen-bond acceptors (Lipinski definition) is 5. The Hall–Kier alpha value is -3.81. The highest BCUT2D eigenvalue weighted by molar-refractivity contribution is 5.97. The molecule has 0 spiro atoms. The lowest BCUT2D eigenvalue weighted by atomic mass is 10.2. The minimum atomic E-state index is -1.21. The van der Waals surface area contributed by atoms with Gasteiger partial charge in [0.1, 0.15) is 17.9 Å². The number of nitrogens with zero attached hydrogens (tertiary/aromatic N) is 2. The van der Waals surface area contributed by atoms with Crippen LogP contribution in [0.15, 0.2) is 60.8 Å². The SMILES string of the molecule is COc1ccc(-n2ncc(C(=O)O)c2NC(=O)OCc2ccccc2)cc1. The number of benzene rings is 2. The molecule has 2 N–H and O–H groups in total. The van der Waals surface area contributed by atoms with Crippen LogP contribution in [0.25, 0.3) is 5.69 Å². The fraction of sp³-hybridized carbons (Fsp3) is 0.105. The molecule has 1 aromatic heterocycles. The van der Waals surface area contributed by atoms with E-state index in [1.807, 2.05) is 30.3 Å². The summed E-state index contributed by atoms with van der Waals surface area (Å²) in [6, 6.07) is 15.9. The van der Waals surface area contributed by atoms with E-state index in [9.17, 15) is 14.7 Å². The molecule has 0 aliphatic carbocycles. The summed E-state index contributed by atoms with van der Waals surface area (Å²) in [6.07, 6.45) is 0.385. The Labute approximate surface area is 155 Å². The molecule has 0 unspecified atom stereocenters. The van der Waals surface area contributed by atoms with Crippen LogP contribution in [0.2, 0.25) is 0 Å². The number of carboxylic acid groups (broad SMARTS) is 1. The fourth-order valence-corrected chi connectivity index (χ4v) is 2.40. The van der Waals surface area contributed by atoms with Crippen molar-refractivity contribution in [2.24, 2.45) is 0 Å². The summed E-state index contributed by atoms with van der Waals surface area (Å²) >= 11 is 0. The van der Waals surface area contributed by atoms with Crippen molar-refractivity contribution in [2.75, 3.05) is 12.4 Å². The maximum absolute atomic E-state index is 12.2. The lowest BCUT2D eigenvalue weighted by Gasteiger charge is -2.11. The van der Waals surface area contributed by atoms with Gasteiger partial charge < -0.3 is 14.6 Å². The van der Waals surface area contributed by atoms with E-state index >= 15 is 0 Å². The van der Waals surface area contributed by atoms with Crippen molar-refractivity contribution >= 4 is 17.9 Å². The van der Waals surface area contributed by atoms with Gasteiger partial charge in [-0.15, -0.1) is 0 Å². The third-order valence-corrected chi connectivity index (χ3v) is 3.75. The Bertz CT molecular complexity index is 936. The molecule has 0 aliphatic heterocycles. The van der Waals surface area contributed by atoms with Crippen LogP contribution in [-0.2, 0) is 11.3 Å². The van der Waals surface area contributed by atoms with Crippen molar-refractivity contribution < 1.29 is 24.2 Å². The van der Waals surface area contributed by atoms with Gasteiger partial charge in [0.2, 0.25) is 0 Å². The largest absolute Gasteiger partial charge is 0.497 e. The molecule has 8 heteroatoms. The second kappa shape index (κ2) is 8.05. The second-order valence-corrected chi connectivity index (χ2v) is 5.51. The number of ether oxygens (including phenoxy) is 2. The average Bonchev–Trinajstić information content (AvgIpc) is 3.11. The van der Waals surface area contributed by atoms with Crippen LogP contribution >= 0.6 is 0 Å². The van der Waals surface area contributed by atoms with Crippen LogP contribution in [0.4, 0.5) is 10.6 Å². The van der Waals surface area contributed by atoms with Crippen molar-refractivity contribution in [2.45, 2.75) is 6.61 Å². The van der Waals surface area contributed by atoms with Crippen molar-refractivity contribution in [1.29, 1.82) is 0 Å². The van der Waals surface area contributed by atoms with E-state index in [1.165, 1.54) is 10.9 Å². The molecule has 1 heterocycles. The number of anilines is 1. The number of aromatic carboxylic acids is 1. The first kappa shape index (κ1) is 18.0. The van der Waals surface area contributed by atoms with Crippen LogP contribution < -0.4 is 10.1 Å². The van der Waals surface area contributed by atoms with Gasteiger partial charge in [0.15, 0.2) is 5.82 Å². The summed E-state index contributed by atoms with van der Waals surface area (Å²) in [7, 11) is 1.54. The Kier molecular flexibility index (Phi) is 5.36. The average molecular weight is 367 g/mol. The summed E-state index contributed by atoms with van der Waals surface area (Å²) in [4.78, 5) is 23.6. The summed E-state index contributed by atoms with van der Waals surface area (Å²) < 4.78 is 11.6. The summed E-state index contributed by atoms with van der Waals surface area (Å²) in [5.41, 5.74) is 1.22. The highest BCUT2D eigenvalue weighted by atomic mass is 16.5. The van der Waals surface area contributed by atoms with Crippen molar-refractivity contribution in [3.63, 3.8) is 0 Å². The minimum Gasteiger partial charge on any atom is -0.497 e. The molecule has 3 aromatic rings. The van der Waals surface area contributed by atoms with Gasteiger partial charge in [-0.2, -0.15) is 5.10 Å². The Morgan fingerprint density at radius 2 is 1.81 bits per heavy atom. The number of rotatable bonds is 6. The Morgan fingerprint density at radius 1 is 1.11 bits per heavy atom. The molecule has 0 fully saturated rings. The third-order valence-electron chi connectivity index (χ3n) is 3.75. The van der Waals surface area contributed by atoms with Crippen LogP contribution in [-0.4, -0.2) is 34.1 Å². The first-order valence-electron chi connectivity index (χ1n) is 8.02. The minimum absolute atomic E-state index is 0.00530. The van der Waals surface area contributed by atoms with Crippen LogP contribution in [0.5, 0.6) is 5.75 Å². The maximum Gasteiger partial charge on any atom is 0.413 e. The highest BCUT2D eigenvalue weighted by Crippen LogP contribution is 2.22. The number of methoxy groups -OCH3 is 1. The molecule has 3 rings (SSSR count).